The van der Waals surface area contributed by atoms with E-state index in [4.69, 9.17) is 4.74 Å². The fourth-order valence-electron chi connectivity index (χ4n) is 6.66. The molecule has 2 saturated heterocycles. The van der Waals surface area contributed by atoms with Crippen LogP contribution in [-0.4, -0.2) is 90.3 Å². The second-order valence-electron chi connectivity index (χ2n) is 11.1. The van der Waals surface area contributed by atoms with E-state index in [1.807, 2.05) is 29.2 Å². The molecule has 2 fully saturated rings. The van der Waals surface area contributed by atoms with Crippen molar-refractivity contribution in [1.29, 1.82) is 0 Å². The van der Waals surface area contributed by atoms with Crippen molar-refractivity contribution in [2.75, 3.05) is 44.3 Å². The Bertz CT molecular complexity index is 1180. The zero-order chi connectivity index (χ0) is 26.2. The number of nitrogens with zero attached hydrogens (tertiary/aromatic N) is 3. The normalized spacial score (nSPS) is 25.9. The van der Waals surface area contributed by atoms with Crippen LogP contribution in [0, 0.1) is 0 Å². The fourth-order valence-corrected chi connectivity index (χ4v) is 6.66. The summed E-state index contributed by atoms with van der Waals surface area (Å²) in [5.74, 6) is -0.0528. The molecule has 38 heavy (non-hydrogen) atoms. The van der Waals surface area contributed by atoms with Gasteiger partial charge in [-0.05, 0) is 61.9 Å². The Labute approximate surface area is 224 Å². The minimum Gasteiger partial charge on any atom is -0.390 e. The van der Waals surface area contributed by atoms with Crippen LogP contribution in [0.5, 0.6) is 0 Å². The number of aliphatic hydroxyl groups is 1. The van der Waals surface area contributed by atoms with Gasteiger partial charge in [-0.25, -0.2) is 0 Å². The van der Waals surface area contributed by atoms with Gasteiger partial charge in [0.1, 0.15) is 0 Å². The molecule has 2 aromatic rings. The van der Waals surface area contributed by atoms with Gasteiger partial charge in [-0.3, -0.25) is 9.59 Å². The van der Waals surface area contributed by atoms with E-state index >= 15 is 0 Å². The second-order valence-corrected chi connectivity index (χ2v) is 11.1. The van der Waals surface area contributed by atoms with E-state index in [-0.39, 0.29) is 36.5 Å². The highest BCUT2D eigenvalue weighted by Gasteiger charge is 2.39. The van der Waals surface area contributed by atoms with E-state index < -0.39 is 6.10 Å². The molecule has 0 aliphatic carbocycles. The number of hydrogen-bond acceptors (Lipinski definition) is 6. The molecule has 8 nitrogen and oxygen atoms in total. The fraction of sp³-hybridized carbons (Fsp3) is 0.533. The van der Waals surface area contributed by atoms with Gasteiger partial charge >= 0.3 is 0 Å². The third-order valence-corrected chi connectivity index (χ3v) is 8.83. The average Bonchev–Trinajstić information content (AvgIpc) is 3.07. The molecular weight excluding hydrogens is 480 g/mol. The van der Waals surface area contributed by atoms with Gasteiger partial charge in [-0.15, -0.1) is 0 Å². The Morgan fingerprint density at radius 1 is 1.08 bits per heavy atom. The van der Waals surface area contributed by atoms with E-state index in [0.717, 1.165) is 44.5 Å². The number of likely N-dealkylation sites (N-methyl/N-ethyl adjacent to an activating group) is 1. The van der Waals surface area contributed by atoms with Crippen LogP contribution in [0.1, 0.15) is 58.0 Å². The molecular formula is C30H38N4O4. The first-order chi connectivity index (χ1) is 18.5. The lowest BCUT2D eigenvalue weighted by atomic mass is 9.92. The van der Waals surface area contributed by atoms with Crippen molar-refractivity contribution >= 4 is 17.5 Å². The molecule has 202 valence electrons. The van der Waals surface area contributed by atoms with Gasteiger partial charge in [0.05, 0.1) is 42.7 Å². The first kappa shape index (κ1) is 25.3. The Morgan fingerprint density at radius 3 is 2.58 bits per heavy atom. The number of carbonyl (C=O) groups is 2. The Kier molecular flexibility index (Phi) is 7.12. The number of ether oxygens (including phenoxy) is 1. The smallest absolute Gasteiger partial charge is 0.256 e. The van der Waals surface area contributed by atoms with Gasteiger partial charge in [-0.1, -0.05) is 24.3 Å². The number of rotatable bonds is 5. The van der Waals surface area contributed by atoms with E-state index in [0.29, 0.717) is 37.4 Å². The van der Waals surface area contributed by atoms with Crippen LogP contribution in [0.3, 0.4) is 0 Å². The molecule has 8 heteroatoms. The first-order valence-corrected chi connectivity index (χ1v) is 14.1. The summed E-state index contributed by atoms with van der Waals surface area (Å²) >= 11 is 0. The largest absolute Gasteiger partial charge is 0.390 e. The Balaban J connectivity index is 1.20. The van der Waals surface area contributed by atoms with Crippen molar-refractivity contribution in [3.05, 3.63) is 64.7 Å². The van der Waals surface area contributed by atoms with Crippen LogP contribution in [0.4, 0.5) is 5.69 Å². The second kappa shape index (κ2) is 10.7. The maximum Gasteiger partial charge on any atom is 0.256 e. The summed E-state index contributed by atoms with van der Waals surface area (Å²) in [6.45, 7) is 6.19. The number of carbonyl (C=O) groups excluding carboxylic acids is 2. The van der Waals surface area contributed by atoms with Crippen LogP contribution >= 0.6 is 0 Å². The summed E-state index contributed by atoms with van der Waals surface area (Å²) in [6, 6.07) is 14.0. The van der Waals surface area contributed by atoms with Gasteiger partial charge in [0.25, 0.3) is 11.8 Å². The lowest BCUT2D eigenvalue weighted by molar-refractivity contribution is -0.0565. The summed E-state index contributed by atoms with van der Waals surface area (Å²) in [5, 5.41) is 14.6. The summed E-state index contributed by atoms with van der Waals surface area (Å²) in [7, 11) is 0. The SMILES string of the molecule is CCN1CCN(CC(O)[C@@H]2Cc3ccccc3CN2)C(=O)c2ccc(C(=O)N3C4CCCC3COC4)cc21. The van der Waals surface area contributed by atoms with Gasteiger partial charge in [0.2, 0.25) is 0 Å². The van der Waals surface area contributed by atoms with Crippen LogP contribution in [0.15, 0.2) is 42.5 Å². The lowest BCUT2D eigenvalue weighted by Crippen LogP contribution is -2.57. The average molecular weight is 519 g/mol. The molecule has 4 atom stereocenters. The summed E-state index contributed by atoms with van der Waals surface area (Å²) in [5.41, 5.74) is 4.55. The zero-order valence-electron chi connectivity index (χ0n) is 22.1. The number of benzene rings is 2. The van der Waals surface area contributed by atoms with Crippen LogP contribution in [0.2, 0.25) is 0 Å². The van der Waals surface area contributed by atoms with E-state index in [2.05, 4.69) is 29.3 Å². The Morgan fingerprint density at radius 2 is 1.82 bits per heavy atom. The maximum atomic E-state index is 13.7. The molecule has 2 aromatic carbocycles. The molecule has 0 aromatic heterocycles. The number of nitrogens with one attached hydrogen (secondary N) is 1. The van der Waals surface area contributed by atoms with E-state index in [1.165, 1.54) is 11.1 Å². The molecule has 0 radical (unpaired) electrons. The number of fused-ring (bicyclic) bond motifs is 4. The number of hydrogen-bond donors (Lipinski definition) is 2. The Hall–Kier alpha value is -2.94. The zero-order valence-corrected chi connectivity index (χ0v) is 22.1. The number of aliphatic hydroxyl groups excluding tert-OH is 1. The molecule has 2 N–H and O–H groups in total. The highest BCUT2D eigenvalue weighted by atomic mass is 16.5. The van der Waals surface area contributed by atoms with Crippen molar-refractivity contribution in [2.45, 2.75) is 63.4 Å². The quantitative estimate of drug-likeness (QED) is 0.633. The molecule has 4 heterocycles. The monoisotopic (exact) mass is 518 g/mol. The summed E-state index contributed by atoms with van der Waals surface area (Å²) in [6.07, 6.45) is 3.16. The molecule has 3 unspecified atom stereocenters. The van der Waals surface area contributed by atoms with Crippen molar-refractivity contribution in [3.8, 4) is 0 Å². The number of anilines is 1. The van der Waals surface area contributed by atoms with Gasteiger partial charge in [-0.2, -0.15) is 0 Å². The molecule has 6 rings (SSSR count). The highest BCUT2D eigenvalue weighted by Crippen LogP contribution is 2.32. The van der Waals surface area contributed by atoms with Crippen LogP contribution < -0.4 is 10.2 Å². The van der Waals surface area contributed by atoms with Gasteiger partial charge in [0, 0.05) is 44.3 Å². The third-order valence-electron chi connectivity index (χ3n) is 8.83. The minimum atomic E-state index is -0.675. The van der Waals surface area contributed by atoms with Crippen molar-refractivity contribution in [3.63, 3.8) is 0 Å². The number of morpholine rings is 1. The molecule has 2 bridgehead atoms. The predicted octanol–water partition coefficient (Wildman–Crippen LogP) is 2.44. The summed E-state index contributed by atoms with van der Waals surface area (Å²) in [4.78, 5) is 33.3. The lowest BCUT2D eigenvalue weighted by Gasteiger charge is -2.45. The molecule has 0 spiro atoms. The maximum absolute atomic E-state index is 13.7. The van der Waals surface area contributed by atoms with Crippen molar-refractivity contribution < 1.29 is 19.4 Å². The van der Waals surface area contributed by atoms with Crippen molar-refractivity contribution in [2.24, 2.45) is 0 Å². The highest BCUT2D eigenvalue weighted by molar-refractivity contribution is 6.03. The standard InChI is InChI=1S/C30H38N4O4/c1-2-32-12-13-33(17-28(35)26-14-20-6-3-4-7-22(20)16-31-26)30(37)25-11-10-21(15-27(25)32)29(36)34-23-8-5-9-24(34)19-38-18-23/h3-4,6-7,10-11,15,23-24,26,28,31,35H,2,5,8-9,12-14,16-19H2,1H3/t23?,24?,26-,28?/m0/s1. The third kappa shape index (κ3) is 4.70. The topological polar surface area (TPSA) is 85.3 Å². The van der Waals surface area contributed by atoms with E-state index in [9.17, 15) is 14.7 Å². The molecule has 0 saturated carbocycles. The number of β-amino-alcohol motifs (C(OH)–C–C–N with tert-alkyl or cyclic N) is 1. The van der Waals surface area contributed by atoms with E-state index in [1.54, 1.807) is 11.0 Å². The predicted molar refractivity (Wildman–Crippen MR) is 145 cm³/mol. The summed E-state index contributed by atoms with van der Waals surface area (Å²) < 4.78 is 5.74. The van der Waals surface area contributed by atoms with Gasteiger partial charge < -0.3 is 29.9 Å². The molecule has 4 aliphatic heterocycles. The van der Waals surface area contributed by atoms with Crippen LogP contribution in [-0.2, 0) is 17.7 Å². The van der Waals surface area contributed by atoms with Crippen molar-refractivity contribution in [1.82, 2.24) is 15.1 Å². The van der Waals surface area contributed by atoms with Gasteiger partial charge in [0.15, 0.2) is 0 Å². The number of amides is 2. The first-order valence-electron chi connectivity index (χ1n) is 14.1. The number of piperidine rings is 1. The molecule has 2 amide bonds. The minimum absolute atomic E-state index is 0.0366. The molecule has 4 aliphatic rings. The van der Waals surface area contributed by atoms with Crippen LogP contribution in [0.25, 0.3) is 0 Å².